The molecule has 4 atom stereocenters. The van der Waals surface area contributed by atoms with Gasteiger partial charge in [0.1, 0.15) is 0 Å². The molecule has 1 saturated heterocycles. The molecule has 1 heterocycles. The Labute approximate surface area is 99.6 Å². The van der Waals surface area contributed by atoms with Gasteiger partial charge in [-0.2, -0.15) is 5.26 Å². The lowest BCUT2D eigenvalue weighted by molar-refractivity contribution is 0.0409. The van der Waals surface area contributed by atoms with Crippen LogP contribution in [0.4, 0.5) is 0 Å². The molecule has 2 aliphatic rings. The number of nitriles is 1. The van der Waals surface area contributed by atoms with Crippen LogP contribution in [0.25, 0.3) is 0 Å². The van der Waals surface area contributed by atoms with Crippen molar-refractivity contribution >= 4 is 0 Å². The van der Waals surface area contributed by atoms with Crippen LogP contribution in [-0.4, -0.2) is 23.5 Å². The van der Waals surface area contributed by atoms with Gasteiger partial charge < -0.3 is 0 Å². The lowest BCUT2D eigenvalue weighted by atomic mass is 9.81. The molecule has 0 radical (unpaired) electrons. The third-order valence-electron chi connectivity index (χ3n) is 4.49. The normalized spacial score (nSPS) is 41.6. The topological polar surface area (TPSA) is 27.0 Å². The van der Waals surface area contributed by atoms with Gasteiger partial charge in [0.25, 0.3) is 0 Å². The van der Waals surface area contributed by atoms with Gasteiger partial charge in [-0.15, -0.1) is 0 Å². The van der Waals surface area contributed by atoms with E-state index in [4.69, 9.17) is 0 Å². The molecule has 1 saturated carbocycles. The van der Waals surface area contributed by atoms with Gasteiger partial charge in [-0.25, -0.2) is 0 Å². The maximum Gasteiger partial charge on any atom is 0.0672 e. The Hall–Kier alpha value is -0.550. The zero-order valence-corrected chi connectivity index (χ0v) is 10.7. The summed E-state index contributed by atoms with van der Waals surface area (Å²) in [4.78, 5) is 2.64. The van der Waals surface area contributed by atoms with E-state index in [0.717, 1.165) is 12.3 Å². The van der Waals surface area contributed by atoms with E-state index < -0.39 is 0 Å². The van der Waals surface area contributed by atoms with Crippen molar-refractivity contribution in [2.75, 3.05) is 6.54 Å². The van der Waals surface area contributed by atoms with Gasteiger partial charge in [0, 0.05) is 18.6 Å². The van der Waals surface area contributed by atoms with Crippen molar-refractivity contribution in [2.45, 2.75) is 64.5 Å². The van der Waals surface area contributed by atoms with E-state index in [1.54, 1.807) is 0 Å². The molecule has 16 heavy (non-hydrogen) atoms. The van der Waals surface area contributed by atoms with Crippen molar-refractivity contribution in [1.82, 2.24) is 4.90 Å². The van der Waals surface area contributed by atoms with E-state index in [-0.39, 0.29) is 0 Å². The van der Waals surface area contributed by atoms with Gasteiger partial charge in [-0.05, 0) is 38.5 Å². The molecular weight excluding hydrogens is 196 g/mol. The predicted octanol–water partition coefficient (Wildman–Crippen LogP) is 3.19. The summed E-state index contributed by atoms with van der Waals surface area (Å²) in [5, 5.41) is 9.27. The van der Waals surface area contributed by atoms with Crippen LogP contribution in [0.3, 0.4) is 0 Å². The van der Waals surface area contributed by atoms with Crippen molar-refractivity contribution in [3.8, 4) is 6.07 Å². The summed E-state index contributed by atoms with van der Waals surface area (Å²) >= 11 is 0. The first-order valence-electron chi connectivity index (χ1n) is 6.87. The second-order valence-corrected chi connectivity index (χ2v) is 5.82. The van der Waals surface area contributed by atoms with Crippen LogP contribution in [0.2, 0.25) is 0 Å². The molecule has 2 heteroatoms. The Bertz CT molecular complexity index is 268. The molecule has 2 nitrogen and oxygen atoms in total. The maximum atomic E-state index is 9.27. The first kappa shape index (κ1) is 11.9. The fourth-order valence-electron chi connectivity index (χ4n) is 3.44. The van der Waals surface area contributed by atoms with Crippen LogP contribution in [-0.2, 0) is 0 Å². The third kappa shape index (κ3) is 2.40. The van der Waals surface area contributed by atoms with Crippen molar-refractivity contribution in [3.05, 3.63) is 0 Å². The zero-order valence-electron chi connectivity index (χ0n) is 10.7. The standard InChI is InChI=1S/C14H24N2/c1-11-7-8-12(2)16(10-11)14-6-4-3-5-13(14)9-15/h11-14H,3-8,10H2,1-2H3. The Morgan fingerprint density at radius 1 is 1.06 bits per heavy atom. The van der Waals surface area contributed by atoms with Gasteiger partial charge >= 0.3 is 0 Å². The molecule has 0 bridgehead atoms. The molecule has 0 aromatic carbocycles. The van der Waals surface area contributed by atoms with E-state index in [0.29, 0.717) is 18.0 Å². The molecule has 0 spiro atoms. The van der Waals surface area contributed by atoms with Crippen LogP contribution in [0, 0.1) is 23.2 Å². The summed E-state index contributed by atoms with van der Waals surface area (Å²) in [7, 11) is 0. The first-order chi connectivity index (χ1) is 7.72. The third-order valence-corrected chi connectivity index (χ3v) is 4.49. The molecule has 2 fully saturated rings. The fraction of sp³-hybridized carbons (Fsp3) is 0.929. The number of piperidine rings is 1. The number of hydrogen-bond acceptors (Lipinski definition) is 2. The van der Waals surface area contributed by atoms with Crippen molar-refractivity contribution in [3.63, 3.8) is 0 Å². The SMILES string of the molecule is CC1CCC(C)N(C2CCCCC2C#N)C1. The summed E-state index contributed by atoms with van der Waals surface area (Å²) in [6.07, 6.45) is 7.62. The van der Waals surface area contributed by atoms with Crippen molar-refractivity contribution in [2.24, 2.45) is 11.8 Å². The molecule has 0 amide bonds. The van der Waals surface area contributed by atoms with Gasteiger partial charge in [0.15, 0.2) is 0 Å². The molecule has 90 valence electrons. The van der Waals surface area contributed by atoms with Crippen LogP contribution in [0.15, 0.2) is 0 Å². The molecule has 1 aliphatic heterocycles. The molecule has 0 aromatic rings. The van der Waals surface area contributed by atoms with E-state index in [1.165, 1.54) is 38.6 Å². The van der Waals surface area contributed by atoms with Crippen molar-refractivity contribution in [1.29, 1.82) is 5.26 Å². The Balaban J connectivity index is 2.05. The van der Waals surface area contributed by atoms with Gasteiger partial charge in [-0.1, -0.05) is 19.8 Å². The highest BCUT2D eigenvalue weighted by molar-refractivity contribution is 4.97. The van der Waals surface area contributed by atoms with Crippen LogP contribution in [0.5, 0.6) is 0 Å². The van der Waals surface area contributed by atoms with Crippen LogP contribution in [0.1, 0.15) is 52.4 Å². The Kier molecular flexibility index (Phi) is 3.86. The van der Waals surface area contributed by atoms with Crippen molar-refractivity contribution < 1.29 is 0 Å². The van der Waals surface area contributed by atoms with E-state index in [2.05, 4.69) is 24.8 Å². The first-order valence-corrected chi connectivity index (χ1v) is 6.87. The number of hydrogen-bond donors (Lipinski definition) is 0. The highest BCUT2D eigenvalue weighted by atomic mass is 15.2. The lowest BCUT2D eigenvalue weighted by Gasteiger charge is -2.45. The van der Waals surface area contributed by atoms with E-state index in [9.17, 15) is 5.26 Å². The Morgan fingerprint density at radius 2 is 1.81 bits per heavy atom. The number of nitrogens with zero attached hydrogens (tertiary/aromatic N) is 2. The van der Waals surface area contributed by atoms with E-state index >= 15 is 0 Å². The molecule has 0 N–H and O–H groups in total. The summed E-state index contributed by atoms with van der Waals surface area (Å²) in [6.45, 7) is 5.90. The summed E-state index contributed by atoms with van der Waals surface area (Å²) in [5.41, 5.74) is 0. The summed E-state index contributed by atoms with van der Waals surface area (Å²) in [5.74, 6) is 1.11. The predicted molar refractivity (Wildman–Crippen MR) is 65.9 cm³/mol. The lowest BCUT2D eigenvalue weighted by Crippen LogP contribution is -2.51. The number of rotatable bonds is 1. The molecule has 4 unspecified atom stereocenters. The highest BCUT2D eigenvalue weighted by Crippen LogP contribution is 2.33. The second-order valence-electron chi connectivity index (χ2n) is 5.82. The minimum absolute atomic E-state index is 0.293. The van der Waals surface area contributed by atoms with E-state index in [1.807, 2.05) is 0 Å². The molecule has 1 aliphatic carbocycles. The highest BCUT2D eigenvalue weighted by Gasteiger charge is 2.35. The molecular formula is C14H24N2. The summed E-state index contributed by atoms with van der Waals surface area (Å²) < 4.78 is 0. The molecule has 0 aromatic heterocycles. The minimum atomic E-state index is 0.293. The zero-order chi connectivity index (χ0) is 11.5. The smallest absolute Gasteiger partial charge is 0.0672 e. The largest absolute Gasteiger partial charge is 0.296 e. The number of likely N-dealkylation sites (tertiary alicyclic amines) is 1. The summed E-state index contributed by atoms with van der Waals surface area (Å²) in [6, 6.07) is 3.79. The second kappa shape index (κ2) is 5.19. The van der Waals surface area contributed by atoms with Crippen LogP contribution < -0.4 is 0 Å². The quantitative estimate of drug-likeness (QED) is 0.678. The van der Waals surface area contributed by atoms with Gasteiger partial charge in [0.2, 0.25) is 0 Å². The minimum Gasteiger partial charge on any atom is -0.296 e. The van der Waals surface area contributed by atoms with Gasteiger partial charge in [-0.3, -0.25) is 4.90 Å². The Morgan fingerprint density at radius 3 is 2.56 bits per heavy atom. The average molecular weight is 220 g/mol. The fourth-order valence-corrected chi connectivity index (χ4v) is 3.44. The monoisotopic (exact) mass is 220 g/mol. The van der Waals surface area contributed by atoms with Gasteiger partial charge in [0.05, 0.1) is 12.0 Å². The maximum absolute atomic E-state index is 9.27. The molecule has 2 rings (SSSR count). The van der Waals surface area contributed by atoms with Crippen LogP contribution >= 0.6 is 0 Å². The average Bonchev–Trinajstić information content (AvgIpc) is 2.32.